The second kappa shape index (κ2) is 11.0. The highest BCUT2D eigenvalue weighted by molar-refractivity contribution is 6.00. The normalized spacial score (nSPS) is 11.1. The maximum Gasteiger partial charge on any atom is 0.271 e. The van der Waals surface area contributed by atoms with Gasteiger partial charge < -0.3 is 9.64 Å². The molecule has 0 bridgehead atoms. The van der Waals surface area contributed by atoms with Crippen LogP contribution in [0.1, 0.15) is 49.2 Å². The Morgan fingerprint density at radius 2 is 1.52 bits per heavy atom. The van der Waals surface area contributed by atoms with Gasteiger partial charge in [0, 0.05) is 18.7 Å². The first-order valence-electron chi connectivity index (χ1n) is 9.93. The monoisotopic (exact) mass is 395 g/mol. The van der Waals surface area contributed by atoms with Crippen LogP contribution >= 0.6 is 0 Å². The van der Waals surface area contributed by atoms with E-state index in [4.69, 9.17) is 4.74 Å². The largest absolute Gasteiger partial charge is 0.484 e. The van der Waals surface area contributed by atoms with Crippen molar-refractivity contribution in [3.05, 3.63) is 65.2 Å². The number of benzene rings is 2. The number of ether oxygens (including phenoxy) is 1. The van der Waals surface area contributed by atoms with E-state index in [9.17, 15) is 9.59 Å². The number of aryl methyl sites for hydroxylation is 1. The van der Waals surface area contributed by atoms with Crippen LogP contribution in [0.5, 0.6) is 5.75 Å². The molecule has 0 radical (unpaired) electrons. The first-order chi connectivity index (χ1) is 14.0. The van der Waals surface area contributed by atoms with E-state index in [0.717, 1.165) is 12.0 Å². The van der Waals surface area contributed by atoms with Gasteiger partial charge in [-0.1, -0.05) is 19.1 Å². The van der Waals surface area contributed by atoms with Crippen LogP contribution in [-0.2, 0) is 11.2 Å². The predicted molar refractivity (Wildman–Crippen MR) is 115 cm³/mol. The lowest BCUT2D eigenvalue weighted by molar-refractivity contribution is -0.132. The highest BCUT2D eigenvalue weighted by Gasteiger charge is 2.10. The Morgan fingerprint density at radius 1 is 0.931 bits per heavy atom. The van der Waals surface area contributed by atoms with Crippen LogP contribution in [0.2, 0.25) is 0 Å². The molecule has 6 nitrogen and oxygen atoms in total. The van der Waals surface area contributed by atoms with E-state index in [0.29, 0.717) is 30.1 Å². The average Bonchev–Trinajstić information content (AvgIpc) is 2.77. The number of carbonyl (C=O) groups excluding carboxylic acids is 2. The number of amides is 2. The van der Waals surface area contributed by atoms with E-state index in [2.05, 4.69) is 17.5 Å². The number of hydrazone groups is 1. The second-order valence-corrected chi connectivity index (χ2v) is 6.57. The molecule has 1 N–H and O–H groups in total. The van der Waals surface area contributed by atoms with Crippen LogP contribution < -0.4 is 10.2 Å². The molecule has 2 aromatic carbocycles. The fraction of sp³-hybridized carbons (Fsp3) is 0.348. The molecule has 0 unspecified atom stereocenters. The van der Waals surface area contributed by atoms with Crippen LogP contribution in [0.3, 0.4) is 0 Å². The minimum atomic E-state index is -0.248. The van der Waals surface area contributed by atoms with Crippen molar-refractivity contribution in [3.63, 3.8) is 0 Å². The molecular weight excluding hydrogens is 366 g/mol. The van der Waals surface area contributed by atoms with Gasteiger partial charge >= 0.3 is 0 Å². The average molecular weight is 396 g/mol. The molecule has 2 aromatic rings. The molecule has 0 saturated heterocycles. The van der Waals surface area contributed by atoms with Gasteiger partial charge in [-0.3, -0.25) is 9.59 Å². The van der Waals surface area contributed by atoms with Gasteiger partial charge in [-0.25, -0.2) is 5.43 Å². The highest BCUT2D eigenvalue weighted by atomic mass is 16.5. The van der Waals surface area contributed by atoms with Crippen molar-refractivity contribution in [2.75, 3.05) is 19.7 Å². The summed E-state index contributed by atoms with van der Waals surface area (Å²) in [5.74, 6) is 0.329. The summed E-state index contributed by atoms with van der Waals surface area (Å²) in [6.07, 6.45) is 0.933. The van der Waals surface area contributed by atoms with Gasteiger partial charge in [0.05, 0.1) is 5.71 Å². The molecule has 0 spiro atoms. The Hall–Kier alpha value is -3.15. The van der Waals surface area contributed by atoms with Crippen LogP contribution in [0, 0.1) is 0 Å². The van der Waals surface area contributed by atoms with Gasteiger partial charge in [-0.05, 0) is 74.7 Å². The van der Waals surface area contributed by atoms with Gasteiger partial charge in [0.2, 0.25) is 0 Å². The standard InChI is InChI=1S/C23H29N3O3/c1-5-18-8-10-20(11-9-18)23(28)25-24-17(4)19-12-14-21(15-13-19)29-16-22(27)26(6-2)7-3/h8-15H,5-7,16H2,1-4H3,(H,25,28)/b24-17-. The molecular formula is C23H29N3O3. The molecule has 0 atom stereocenters. The summed E-state index contributed by atoms with van der Waals surface area (Å²) < 4.78 is 5.56. The summed E-state index contributed by atoms with van der Waals surface area (Å²) in [4.78, 5) is 25.9. The third kappa shape index (κ3) is 6.45. The smallest absolute Gasteiger partial charge is 0.271 e. The third-order valence-corrected chi connectivity index (χ3v) is 4.70. The van der Waals surface area contributed by atoms with E-state index in [1.165, 1.54) is 5.56 Å². The van der Waals surface area contributed by atoms with Crippen molar-refractivity contribution < 1.29 is 14.3 Å². The Balaban J connectivity index is 1.92. The summed E-state index contributed by atoms with van der Waals surface area (Å²) in [7, 11) is 0. The summed E-state index contributed by atoms with van der Waals surface area (Å²) in [6, 6.07) is 14.7. The number of hydrogen-bond acceptors (Lipinski definition) is 4. The Labute approximate surface area is 172 Å². The minimum absolute atomic E-state index is 0.0149. The SMILES string of the molecule is CCc1ccc(C(=O)N/N=C(/C)c2ccc(OCC(=O)N(CC)CC)cc2)cc1. The molecule has 2 rings (SSSR count). The fourth-order valence-electron chi connectivity index (χ4n) is 2.76. The predicted octanol–water partition coefficient (Wildman–Crippen LogP) is 3.65. The molecule has 0 fully saturated rings. The van der Waals surface area contributed by atoms with Gasteiger partial charge in [0.1, 0.15) is 5.75 Å². The van der Waals surface area contributed by atoms with Crippen LogP contribution in [0.15, 0.2) is 53.6 Å². The lowest BCUT2D eigenvalue weighted by Crippen LogP contribution is -2.34. The zero-order valence-electron chi connectivity index (χ0n) is 17.6. The maximum absolute atomic E-state index is 12.2. The molecule has 0 aliphatic rings. The van der Waals surface area contributed by atoms with Gasteiger partial charge in [-0.2, -0.15) is 5.10 Å². The Kier molecular flexibility index (Phi) is 8.40. The third-order valence-electron chi connectivity index (χ3n) is 4.70. The Morgan fingerprint density at radius 3 is 2.07 bits per heavy atom. The quantitative estimate of drug-likeness (QED) is 0.520. The zero-order chi connectivity index (χ0) is 21.2. The van der Waals surface area contributed by atoms with Crippen LogP contribution in [0.25, 0.3) is 0 Å². The number of carbonyl (C=O) groups is 2. The molecule has 0 aliphatic carbocycles. The molecule has 0 aliphatic heterocycles. The fourth-order valence-corrected chi connectivity index (χ4v) is 2.76. The molecule has 6 heteroatoms. The number of nitrogens with one attached hydrogen (secondary N) is 1. The topological polar surface area (TPSA) is 71.0 Å². The molecule has 0 aromatic heterocycles. The number of nitrogens with zero attached hydrogens (tertiary/aromatic N) is 2. The van der Waals surface area contributed by atoms with Crippen molar-refractivity contribution in [3.8, 4) is 5.75 Å². The van der Waals surface area contributed by atoms with Crippen molar-refractivity contribution in [1.82, 2.24) is 10.3 Å². The van der Waals surface area contributed by atoms with Gasteiger partial charge in [0.25, 0.3) is 11.8 Å². The first kappa shape index (κ1) is 22.1. The van der Waals surface area contributed by atoms with E-state index in [1.807, 2.05) is 45.0 Å². The summed E-state index contributed by atoms with van der Waals surface area (Å²) in [6.45, 7) is 9.13. The van der Waals surface area contributed by atoms with Crippen molar-refractivity contribution >= 4 is 17.5 Å². The minimum Gasteiger partial charge on any atom is -0.484 e. The Bertz CT molecular complexity index is 839. The number of rotatable bonds is 9. The van der Waals surface area contributed by atoms with Crippen LogP contribution in [0.4, 0.5) is 0 Å². The van der Waals surface area contributed by atoms with E-state index in [1.54, 1.807) is 29.2 Å². The van der Waals surface area contributed by atoms with Crippen molar-refractivity contribution in [2.24, 2.45) is 5.10 Å². The lowest BCUT2D eigenvalue weighted by atomic mass is 10.1. The van der Waals surface area contributed by atoms with Crippen molar-refractivity contribution in [1.29, 1.82) is 0 Å². The van der Waals surface area contributed by atoms with Crippen molar-refractivity contribution in [2.45, 2.75) is 34.1 Å². The zero-order valence-corrected chi connectivity index (χ0v) is 17.6. The molecule has 154 valence electrons. The summed E-state index contributed by atoms with van der Waals surface area (Å²) in [5.41, 5.74) is 5.87. The summed E-state index contributed by atoms with van der Waals surface area (Å²) in [5, 5.41) is 4.18. The highest BCUT2D eigenvalue weighted by Crippen LogP contribution is 2.13. The molecule has 2 amide bonds. The first-order valence-corrected chi connectivity index (χ1v) is 9.93. The van der Waals surface area contributed by atoms with Gasteiger partial charge in [-0.15, -0.1) is 0 Å². The molecule has 0 saturated carbocycles. The second-order valence-electron chi connectivity index (χ2n) is 6.57. The van der Waals surface area contributed by atoms with E-state index in [-0.39, 0.29) is 18.4 Å². The van der Waals surface area contributed by atoms with E-state index >= 15 is 0 Å². The lowest BCUT2D eigenvalue weighted by Gasteiger charge is -2.18. The molecule has 0 heterocycles. The summed E-state index contributed by atoms with van der Waals surface area (Å²) >= 11 is 0. The van der Waals surface area contributed by atoms with Gasteiger partial charge in [0.15, 0.2) is 6.61 Å². The number of hydrogen-bond donors (Lipinski definition) is 1. The molecule has 29 heavy (non-hydrogen) atoms. The maximum atomic E-state index is 12.2. The van der Waals surface area contributed by atoms with Crippen LogP contribution in [-0.4, -0.2) is 42.1 Å². The van der Waals surface area contributed by atoms with E-state index < -0.39 is 0 Å². The number of likely N-dealkylation sites (N-methyl/N-ethyl adjacent to an activating group) is 1.